The van der Waals surface area contributed by atoms with Crippen LogP contribution in [0.15, 0.2) is 18.2 Å². The van der Waals surface area contributed by atoms with Crippen LogP contribution in [0.4, 0.5) is 0 Å². The Morgan fingerprint density at radius 3 is 2.52 bits per heavy atom. The first kappa shape index (κ1) is 20.1. The summed E-state index contributed by atoms with van der Waals surface area (Å²) < 4.78 is 0. The van der Waals surface area contributed by atoms with Crippen LogP contribution in [0.25, 0.3) is 0 Å². The summed E-state index contributed by atoms with van der Waals surface area (Å²) >= 11 is 0. The fraction of sp³-hybridized carbons (Fsp3) is 0.625. The van der Waals surface area contributed by atoms with Crippen LogP contribution in [0.5, 0.6) is 0 Å². The third-order valence-electron chi connectivity index (χ3n) is 7.02. The molecule has 1 aromatic rings. The predicted octanol–water partition coefficient (Wildman–Crippen LogP) is 3.66. The Bertz CT molecular complexity index is 812. The summed E-state index contributed by atoms with van der Waals surface area (Å²) in [6, 6.07) is 5.83. The molecule has 29 heavy (non-hydrogen) atoms. The quantitative estimate of drug-likeness (QED) is 0.730. The zero-order valence-corrected chi connectivity index (χ0v) is 17.7. The molecule has 5 nitrogen and oxygen atoms in total. The van der Waals surface area contributed by atoms with Crippen molar-refractivity contribution in [1.29, 1.82) is 0 Å². The lowest BCUT2D eigenvalue weighted by Gasteiger charge is -2.32. The Morgan fingerprint density at radius 2 is 1.76 bits per heavy atom. The van der Waals surface area contributed by atoms with Gasteiger partial charge in [-0.2, -0.15) is 0 Å². The lowest BCUT2D eigenvalue weighted by atomic mass is 9.94. The number of Topliss-reactive ketones (excluding diaryl/α,β-unsaturated/α-hetero) is 1. The van der Waals surface area contributed by atoms with Crippen LogP contribution in [0.2, 0.25) is 0 Å². The molecule has 1 aliphatic carbocycles. The van der Waals surface area contributed by atoms with Crippen molar-refractivity contribution in [2.24, 2.45) is 5.92 Å². The molecule has 3 aliphatic rings. The normalized spacial score (nSPS) is 25.7. The standard InChI is InChI=1S/C24H32N2O3/c1-16-10-11-17(2)20(13-16)23(28)21-9-6-12-25(21)24(29)18-14-22(27)26(15-18)19-7-4-3-5-8-19/h10-11,13,18-19,21H,3-9,12,14-15H2,1-2H3. The van der Waals surface area contributed by atoms with Gasteiger partial charge < -0.3 is 9.80 Å². The van der Waals surface area contributed by atoms with Crippen molar-refractivity contribution < 1.29 is 14.4 Å². The fourth-order valence-electron chi connectivity index (χ4n) is 5.36. The number of hydrogen-bond acceptors (Lipinski definition) is 3. The summed E-state index contributed by atoms with van der Waals surface area (Å²) in [6.45, 7) is 5.08. The molecule has 0 spiro atoms. The second-order valence-electron chi connectivity index (χ2n) is 9.11. The zero-order valence-electron chi connectivity index (χ0n) is 17.7. The average Bonchev–Trinajstić information content (AvgIpc) is 3.36. The summed E-state index contributed by atoms with van der Waals surface area (Å²) in [5, 5.41) is 0. The van der Waals surface area contributed by atoms with Gasteiger partial charge in [0, 0.05) is 31.1 Å². The highest BCUT2D eigenvalue weighted by Crippen LogP contribution is 2.32. The van der Waals surface area contributed by atoms with E-state index in [-0.39, 0.29) is 29.6 Å². The molecule has 156 valence electrons. The van der Waals surface area contributed by atoms with Crippen molar-refractivity contribution in [3.63, 3.8) is 0 Å². The minimum absolute atomic E-state index is 0.00202. The molecule has 1 aromatic carbocycles. The summed E-state index contributed by atoms with van der Waals surface area (Å²) in [5.74, 6) is -0.133. The van der Waals surface area contributed by atoms with Gasteiger partial charge in [0.25, 0.3) is 0 Å². The van der Waals surface area contributed by atoms with Gasteiger partial charge in [0.05, 0.1) is 12.0 Å². The molecular weight excluding hydrogens is 364 g/mol. The first-order valence-corrected chi connectivity index (χ1v) is 11.2. The van der Waals surface area contributed by atoms with Crippen molar-refractivity contribution in [3.05, 3.63) is 34.9 Å². The van der Waals surface area contributed by atoms with Gasteiger partial charge in [-0.3, -0.25) is 14.4 Å². The number of carbonyl (C=O) groups is 3. The van der Waals surface area contributed by atoms with Gasteiger partial charge in [-0.1, -0.05) is 37.0 Å². The van der Waals surface area contributed by atoms with E-state index in [1.54, 1.807) is 4.90 Å². The van der Waals surface area contributed by atoms with Crippen LogP contribution >= 0.6 is 0 Å². The van der Waals surface area contributed by atoms with Gasteiger partial charge in [0.2, 0.25) is 11.8 Å². The summed E-state index contributed by atoms with van der Waals surface area (Å²) in [6.07, 6.45) is 7.57. The third-order valence-corrected chi connectivity index (χ3v) is 7.02. The molecule has 0 aromatic heterocycles. The maximum absolute atomic E-state index is 13.3. The van der Waals surface area contributed by atoms with Crippen molar-refractivity contribution in [2.45, 2.75) is 77.3 Å². The zero-order chi connectivity index (χ0) is 20.5. The lowest BCUT2D eigenvalue weighted by molar-refractivity contribution is -0.136. The molecule has 2 unspecified atom stereocenters. The smallest absolute Gasteiger partial charge is 0.228 e. The molecule has 0 bridgehead atoms. The van der Waals surface area contributed by atoms with Crippen molar-refractivity contribution in [2.75, 3.05) is 13.1 Å². The van der Waals surface area contributed by atoms with Crippen LogP contribution in [-0.2, 0) is 9.59 Å². The van der Waals surface area contributed by atoms with Gasteiger partial charge in [-0.05, 0) is 51.2 Å². The summed E-state index contributed by atoms with van der Waals surface area (Å²) in [5.41, 5.74) is 2.74. The molecule has 2 saturated heterocycles. The van der Waals surface area contributed by atoms with Crippen molar-refractivity contribution in [1.82, 2.24) is 9.80 Å². The van der Waals surface area contributed by atoms with E-state index >= 15 is 0 Å². The van der Waals surface area contributed by atoms with Crippen LogP contribution < -0.4 is 0 Å². The van der Waals surface area contributed by atoms with Crippen molar-refractivity contribution in [3.8, 4) is 0 Å². The molecule has 3 fully saturated rings. The van der Waals surface area contributed by atoms with Gasteiger partial charge in [-0.15, -0.1) is 0 Å². The number of rotatable bonds is 4. The van der Waals surface area contributed by atoms with Crippen LogP contribution in [0.1, 0.15) is 72.9 Å². The summed E-state index contributed by atoms with van der Waals surface area (Å²) in [4.78, 5) is 42.9. The number of carbonyl (C=O) groups excluding carboxylic acids is 3. The van der Waals surface area contributed by atoms with E-state index in [2.05, 4.69) is 0 Å². The Hall–Kier alpha value is -2.17. The fourth-order valence-corrected chi connectivity index (χ4v) is 5.36. The van der Waals surface area contributed by atoms with Crippen LogP contribution in [0, 0.1) is 19.8 Å². The van der Waals surface area contributed by atoms with Crippen LogP contribution in [-0.4, -0.2) is 52.6 Å². The Labute approximate surface area is 173 Å². The topological polar surface area (TPSA) is 57.7 Å². The number of ketones is 1. The molecule has 2 heterocycles. The summed E-state index contributed by atoms with van der Waals surface area (Å²) in [7, 11) is 0. The molecule has 0 N–H and O–H groups in total. The molecule has 2 aliphatic heterocycles. The van der Waals surface area contributed by atoms with E-state index in [1.807, 2.05) is 36.9 Å². The van der Waals surface area contributed by atoms with E-state index in [4.69, 9.17) is 0 Å². The van der Waals surface area contributed by atoms with Crippen molar-refractivity contribution >= 4 is 17.6 Å². The highest BCUT2D eigenvalue weighted by atomic mass is 16.2. The molecule has 4 rings (SSSR count). The molecule has 2 amide bonds. The molecule has 2 atom stereocenters. The highest BCUT2D eigenvalue weighted by Gasteiger charge is 2.43. The first-order chi connectivity index (χ1) is 14.0. The van der Waals surface area contributed by atoms with Gasteiger partial charge in [0.1, 0.15) is 0 Å². The van der Waals surface area contributed by atoms with E-state index in [0.29, 0.717) is 32.0 Å². The number of aryl methyl sites for hydroxylation is 2. The molecule has 0 radical (unpaired) electrons. The van der Waals surface area contributed by atoms with E-state index in [0.717, 1.165) is 36.0 Å². The minimum atomic E-state index is -0.387. The average molecular weight is 397 g/mol. The largest absolute Gasteiger partial charge is 0.339 e. The van der Waals surface area contributed by atoms with Crippen LogP contribution in [0.3, 0.4) is 0 Å². The third kappa shape index (κ3) is 3.96. The van der Waals surface area contributed by atoms with Gasteiger partial charge in [-0.25, -0.2) is 0 Å². The van der Waals surface area contributed by atoms with E-state index < -0.39 is 0 Å². The Kier molecular flexibility index (Phi) is 5.75. The molecule has 1 saturated carbocycles. The number of nitrogens with zero attached hydrogens (tertiary/aromatic N) is 2. The minimum Gasteiger partial charge on any atom is -0.339 e. The van der Waals surface area contributed by atoms with Gasteiger partial charge >= 0.3 is 0 Å². The highest BCUT2D eigenvalue weighted by molar-refractivity contribution is 6.04. The maximum atomic E-state index is 13.3. The Morgan fingerprint density at radius 1 is 1.00 bits per heavy atom. The molecular formula is C24H32N2O3. The number of benzene rings is 1. The predicted molar refractivity (Wildman–Crippen MR) is 112 cm³/mol. The Balaban J connectivity index is 1.47. The van der Waals surface area contributed by atoms with Gasteiger partial charge in [0.15, 0.2) is 5.78 Å². The SMILES string of the molecule is Cc1ccc(C)c(C(=O)C2CCCN2C(=O)C2CC(=O)N(C3CCCCC3)C2)c1. The second kappa shape index (κ2) is 8.29. The number of likely N-dealkylation sites (tertiary alicyclic amines) is 2. The number of amides is 2. The second-order valence-corrected chi connectivity index (χ2v) is 9.11. The van der Waals surface area contributed by atoms with E-state index in [9.17, 15) is 14.4 Å². The maximum Gasteiger partial charge on any atom is 0.228 e. The number of hydrogen-bond donors (Lipinski definition) is 0. The molecule has 5 heteroatoms. The van der Waals surface area contributed by atoms with E-state index in [1.165, 1.54) is 19.3 Å². The lowest BCUT2D eigenvalue weighted by Crippen LogP contribution is -2.45. The monoisotopic (exact) mass is 396 g/mol. The first-order valence-electron chi connectivity index (χ1n) is 11.2.